The molecule has 8 nitrogen and oxygen atoms in total. The molecule has 1 N–H and O–H groups in total. The third-order valence-electron chi connectivity index (χ3n) is 6.64. The molecule has 0 unspecified atom stereocenters. The van der Waals surface area contributed by atoms with E-state index >= 15 is 0 Å². The molecule has 35 heavy (non-hydrogen) atoms. The Bertz CT molecular complexity index is 1360. The van der Waals surface area contributed by atoms with Gasteiger partial charge in [-0.25, -0.2) is 8.42 Å². The minimum absolute atomic E-state index is 0.176. The van der Waals surface area contributed by atoms with E-state index in [0.717, 1.165) is 41.4 Å². The number of ether oxygens (including phenoxy) is 3. The highest BCUT2D eigenvalue weighted by Crippen LogP contribution is 2.43. The zero-order valence-corrected chi connectivity index (χ0v) is 20.7. The second-order valence-corrected chi connectivity index (χ2v) is 11.6. The van der Waals surface area contributed by atoms with Crippen LogP contribution >= 0.6 is 0 Å². The Balaban J connectivity index is 1.56. The summed E-state index contributed by atoms with van der Waals surface area (Å²) < 4.78 is 46.2. The first kappa shape index (κ1) is 23.7. The van der Waals surface area contributed by atoms with Crippen molar-refractivity contribution in [1.29, 1.82) is 5.26 Å². The van der Waals surface area contributed by atoms with Gasteiger partial charge in [0.15, 0.2) is 0 Å². The van der Waals surface area contributed by atoms with Crippen LogP contribution < -0.4 is 9.46 Å². The summed E-state index contributed by atoms with van der Waals surface area (Å²) in [4.78, 5) is 0. The topological polar surface area (TPSA) is 103 Å². The molecule has 0 amide bonds. The Kier molecular flexibility index (Phi) is 6.45. The highest BCUT2D eigenvalue weighted by Gasteiger charge is 2.28. The summed E-state index contributed by atoms with van der Waals surface area (Å²) >= 11 is 0. The molecule has 0 spiro atoms. The lowest BCUT2D eigenvalue weighted by atomic mass is 9.92. The van der Waals surface area contributed by atoms with Gasteiger partial charge in [-0.1, -0.05) is 12.1 Å². The number of benzene rings is 2. The van der Waals surface area contributed by atoms with Crippen molar-refractivity contribution >= 4 is 26.6 Å². The van der Waals surface area contributed by atoms with Crippen molar-refractivity contribution in [2.24, 2.45) is 0 Å². The third kappa shape index (κ3) is 4.61. The van der Waals surface area contributed by atoms with Crippen LogP contribution in [-0.2, 0) is 19.5 Å². The molecule has 5 rings (SSSR count). The largest absolute Gasteiger partial charge is 0.486 e. The number of aromatic nitrogens is 1. The van der Waals surface area contributed by atoms with Gasteiger partial charge in [0.05, 0.1) is 35.2 Å². The first-order chi connectivity index (χ1) is 16.9. The average Bonchev–Trinajstić information content (AvgIpc) is 3.12. The summed E-state index contributed by atoms with van der Waals surface area (Å²) in [6.45, 7) is 4.51. The predicted molar refractivity (Wildman–Crippen MR) is 134 cm³/mol. The zero-order chi connectivity index (χ0) is 24.6. The molecular weight excluding hydrogens is 466 g/mol. The lowest BCUT2D eigenvalue weighted by molar-refractivity contribution is -0.143. The molecule has 2 aliphatic rings. The van der Waals surface area contributed by atoms with Crippen LogP contribution in [0.25, 0.3) is 22.2 Å². The fourth-order valence-corrected chi connectivity index (χ4v) is 5.19. The summed E-state index contributed by atoms with van der Waals surface area (Å²) in [5.41, 5.74) is 3.79. The predicted octanol–water partition coefficient (Wildman–Crippen LogP) is 4.81. The van der Waals surface area contributed by atoms with Crippen LogP contribution in [0.3, 0.4) is 0 Å². The van der Waals surface area contributed by atoms with Gasteiger partial charge in [-0.05, 0) is 62.9 Å². The molecule has 2 heterocycles. The molecule has 0 radical (unpaired) electrons. The standard InChI is InChI=1S/C26H29N3O5S/c1-17(2)35(30,31)28-19-8-6-18(7-9-19)26-24(13-27)23-11-10-21(34-22-14-32-16-33-15-22)12-25(23)29(26)20-4-3-5-20/h6-12,17,20,22,28H,3-5,14-16H2,1-2H3. The molecule has 1 aliphatic carbocycles. The number of nitriles is 1. The van der Waals surface area contributed by atoms with Crippen molar-refractivity contribution in [3.05, 3.63) is 48.0 Å². The second-order valence-electron chi connectivity index (χ2n) is 9.34. The van der Waals surface area contributed by atoms with Gasteiger partial charge in [0.25, 0.3) is 0 Å². The van der Waals surface area contributed by atoms with Gasteiger partial charge in [0.2, 0.25) is 10.0 Å². The molecule has 2 fully saturated rings. The van der Waals surface area contributed by atoms with Crippen LogP contribution in [0.5, 0.6) is 5.75 Å². The van der Waals surface area contributed by atoms with E-state index in [0.29, 0.717) is 36.3 Å². The minimum atomic E-state index is -3.43. The fourth-order valence-electron chi connectivity index (χ4n) is 4.49. The van der Waals surface area contributed by atoms with E-state index in [1.54, 1.807) is 26.0 Å². The van der Waals surface area contributed by atoms with E-state index in [4.69, 9.17) is 14.2 Å². The second kappa shape index (κ2) is 9.53. The number of fused-ring (bicyclic) bond motifs is 1. The van der Waals surface area contributed by atoms with Crippen molar-refractivity contribution in [2.75, 3.05) is 24.7 Å². The van der Waals surface area contributed by atoms with E-state index < -0.39 is 15.3 Å². The molecule has 0 atom stereocenters. The molecule has 1 aliphatic heterocycles. The van der Waals surface area contributed by atoms with Crippen LogP contribution in [0.2, 0.25) is 0 Å². The quantitative estimate of drug-likeness (QED) is 0.505. The fraction of sp³-hybridized carbons (Fsp3) is 0.423. The third-order valence-corrected chi connectivity index (χ3v) is 8.40. The van der Waals surface area contributed by atoms with Gasteiger partial charge in [-0.15, -0.1) is 0 Å². The lowest BCUT2D eigenvalue weighted by Crippen LogP contribution is -2.33. The first-order valence-electron chi connectivity index (χ1n) is 11.9. The lowest BCUT2D eigenvalue weighted by Gasteiger charge is -2.30. The molecule has 2 aromatic carbocycles. The number of sulfonamides is 1. The first-order valence-corrected chi connectivity index (χ1v) is 13.4. The van der Waals surface area contributed by atoms with E-state index in [1.807, 2.05) is 30.3 Å². The monoisotopic (exact) mass is 495 g/mol. The zero-order valence-electron chi connectivity index (χ0n) is 19.9. The van der Waals surface area contributed by atoms with Crippen LogP contribution in [0, 0.1) is 11.3 Å². The van der Waals surface area contributed by atoms with Crippen molar-refractivity contribution in [2.45, 2.75) is 50.5 Å². The van der Waals surface area contributed by atoms with E-state index in [2.05, 4.69) is 15.4 Å². The van der Waals surface area contributed by atoms with E-state index in [1.165, 1.54) is 0 Å². The van der Waals surface area contributed by atoms with Gasteiger partial charge in [-0.2, -0.15) is 5.26 Å². The van der Waals surface area contributed by atoms with Crippen LogP contribution in [0.15, 0.2) is 42.5 Å². The number of nitrogens with one attached hydrogen (secondary N) is 1. The molecule has 1 saturated carbocycles. The Labute approximate surface area is 205 Å². The van der Waals surface area contributed by atoms with Gasteiger partial charge in [-0.3, -0.25) is 4.72 Å². The molecule has 1 saturated heterocycles. The maximum Gasteiger partial charge on any atom is 0.235 e. The Morgan fingerprint density at radius 3 is 2.43 bits per heavy atom. The molecule has 1 aromatic heterocycles. The molecule has 0 bridgehead atoms. The normalized spacial score (nSPS) is 17.3. The summed E-state index contributed by atoms with van der Waals surface area (Å²) in [6.07, 6.45) is 3.06. The van der Waals surface area contributed by atoms with Crippen molar-refractivity contribution in [3.63, 3.8) is 0 Å². The Hall–Kier alpha value is -3.06. The van der Waals surface area contributed by atoms with E-state index in [-0.39, 0.29) is 12.9 Å². The van der Waals surface area contributed by atoms with Crippen LogP contribution in [0.4, 0.5) is 5.69 Å². The van der Waals surface area contributed by atoms with E-state index in [9.17, 15) is 13.7 Å². The summed E-state index contributed by atoms with van der Waals surface area (Å²) in [5, 5.41) is 10.5. The van der Waals surface area contributed by atoms with Gasteiger partial charge < -0.3 is 18.8 Å². The van der Waals surface area contributed by atoms with Crippen LogP contribution in [-0.4, -0.2) is 44.3 Å². The van der Waals surface area contributed by atoms with Gasteiger partial charge in [0.1, 0.15) is 24.7 Å². The number of hydrogen-bond acceptors (Lipinski definition) is 6. The highest BCUT2D eigenvalue weighted by atomic mass is 32.2. The average molecular weight is 496 g/mol. The summed E-state index contributed by atoms with van der Waals surface area (Å²) in [5.74, 6) is 0.712. The van der Waals surface area contributed by atoms with Crippen molar-refractivity contribution in [1.82, 2.24) is 4.57 Å². The van der Waals surface area contributed by atoms with Crippen LogP contribution in [0.1, 0.15) is 44.7 Å². The Morgan fingerprint density at radius 1 is 1.11 bits per heavy atom. The number of nitrogens with zero attached hydrogens (tertiary/aromatic N) is 2. The molecular formula is C26H29N3O5S. The molecule has 9 heteroatoms. The van der Waals surface area contributed by atoms with Gasteiger partial charge in [0, 0.05) is 23.2 Å². The maximum absolute atomic E-state index is 12.3. The number of hydrogen-bond donors (Lipinski definition) is 1. The summed E-state index contributed by atoms with van der Waals surface area (Å²) in [7, 11) is -3.43. The smallest absolute Gasteiger partial charge is 0.235 e. The number of anilines is 1. The highest BCUT2D eigenvalue weighted by molar-refractivity contribution is 7.93. The van der Waals surface area contributed by atoms with Crippen molar-refractivity contribution < 1.29 is 22.6 Å². The van der Waals surface area contributed by atoms with Crippen molar-refractivity contribution in [3.8, 4) is 23.1 Å². The Morgan fingerprint density at radius 2 is 1.83 bits per heavy atom. The molecule has 184 valence electrons. The number of rotatable bonds is 7. The maximum atomic E-state index is 12.3. The SMILES string of the molecule is CC(C)S(=O)(=O)Nc1ccc(-c2c(C#N)c3ccc(OC4COCOC4)cc3n2C2CCC2)cc1. The minimum Gasteiger partial charge on any atom is -0.486 e. The molecule has 3 aromatic rings. The summed E-state index contributed by atoms with van der Waals surface area (Å²) in [6, 6.07) is 15.8. The van der Waals surface area contributed by atoms with Gasteiger partial charge >= 0.3 is 0 Å².